The van der Waals surface area contributed by atoms with Crippen LogP contribution >= 0.6 is 0 Å². The molecule has 4 unspecified atom stereocenters. The number of phenolic OH excluding ortho intramolecular Hbond substituents is 2. The molecule has 0 saturated carbocycles. The second-order valence-electron chi connectivity index (χ2n) is 13.5. The lowest BCUT2D eigenvalue weighted by Gasteiger charge is -2.44. The molecule has 1 aliphatic rings. The first kappa shape index (κ1) is 36.9. The first-order valence-corrected chi connectivity index (χ1v) is 17.2. The van der Waals surface area contributed by atoms with Gasteiger partial charge in [0.2, 0.25) is 0 Å². The third kappa shape index (κ3) is 7.26. The molecule has 0 aliphatic carbocycles. The number of pyridine rings is 2. The molecule has 4 heterocycles. The molecule has 8 N–H and O–H groups in total. The molecule has 2 aromatic carbocycles. The molecule has 0 spiro atoms. The molecule has 13 nitrogen and oxygen atoms in total. The van der Waals surface area contributed by atoms with E-state index in [1.54, 1.807) is 63.4 Å². The number of hydrogen-bond donors (Lipinski definition) is 6. The number of phenols is 2. The van der Waals surface area contributed by atoms with Gasteiger partial charge in [0, 0.05) is 53.4 Å². The van der Waals surface area contributed by atoms with Crippen LogP contribution in [0.3, 0.4) is 0 Å². The van der Waals surface area contributed by atoms with Crippen molar-refractivity contribution in [2.24, 2.45) is 0 Å². The first-order chi connectivity index (χ1) is 25.4. The van der Waals surface area contributed by atoms with Gasteiger partial charge in [-0.15, -0.1) is 0 Å². The van der Waals surface area contributed by atoms with Crippen LogP contribution in [0.5, 0.6) is 17.2 Å². The maximum absolute atomic E-state index is 13.8. The molecule has 0 bridgehead atoms. The summed E-state index contributed by atoms with van der Waals surface area (Å²) < 4.78 is 19.3. The van der Waals surface area contributed by atoms with Crippen LogP contribution in [0.4, 0.5) is 11.6 Å². The quantitative estimate of drug-likeness (QED) is 0.0800. The van der Waals surface area contributed by atoms with E-state index in [-0.39, 0.29) is 51.6 Å². The summed E-state index contributed by atoms with van der Waals surface area (Å²) in [6.45, 7) is 4.07. The van der Waals surface area contributed by atoms with E-state index in [1.165, 1.54) is 18.3 Å². The van der Waals surface area contributed by atoms with Gasteiger partial charge in [0.1, 0.15) is 63.9 Å². The summed E-state index contributed by atoms with van der Waals surface area (Å²) in [6, 6.07) is 14.4. The van der Waals surface area contributed by atoms with E-state index in [0.717, 1.165) is 11.6 Å². The van der Waals surface area contributed by atoms with Gasteiger partial charge in [0.25, 0.3) is 0 Å². The zero-order chi connectivity index (χ0) is 38.0. The van der Waals surface area contributed by atoms with E-state index in [2.05, 4.69) is 9.97 Å². The molecule has 0 fully saturated rings. The minimum atomic E-state index is -1.25. The summed E-state index contributed by atoms with van der Waals surface area (Å²) in [5.74, 6) is -2.17. The monoisotopic (exact) mass is 722 g/mol. The fourth-order valence-electron chi connectivity index (χ4n) is 6.96. The summed E-state index contributed by atoms with van der Waals surface area (Å²) in [6.07, 6.45) is 4.50. The Morgan fingerprint density at radius 1 is 1.08 bits per heavy atom. The molecule has 13 heteroatoms. The summed E-state index contributed by atoms with van der Waals surface area (Å²) >= 11 is 0. The van der Waals surface area contributed by atoms with E-state index >= 15 is 0 Å². The van der Waals surface area contributed by atoms with Crippen molar-refractivity contribution in [3.8, 4) is 17.2 Å². The Balaban J connectivity index is 1.66. The van der Waals surface area contributed by atoms with Gasteiger partial charge in [-0.2, -0.15) is 0 Å². The molecule has 1 aliphatic heterocycles. The summed E-state index contributed by atoms with van der Waals surface area (Å²) in [5.41, 5.74) is 12.8. The lowest BCUT2D eigenvalue weighted by molar-refractivity contribution is -0.158. The van der Waals surface area contributed by atoms with Gasteiger partial charge in [-0.05, 0) is 80.6 Å². The number of aromatic hydroxyl groups is 2. The third-order valence-corrected chi connectivity index (χ3v) is 9.98. The van der Waals surface area contributed by atoms with E-state index < -0.39 is 53.9 Å². The fourth-order valence-corrected chi connectivity index (χ4v) is 6.96. The number of ether oxygens (including phenoxy) is 2. The van der Waals surface area contributed by atoms with Gasteiger partial charge >= 0.3 is 5.97 Å². The van der Waals surface area contributed by atoms with Crippen LogP contribution in [0, 0.1) is 0 Å². The van der Waals surface area contributed by atoms with Crippen LogP contribution in [0.15, 0.2) is 87.9 Å². The van der Waals surface area contributed by atoms with Gasteiger partial charge in [-0.3, -0.25) is 4.79 Å². The number of hydrogen-bond acceptors (Lipinski definition) is 13. The normalized spacial score (nSPS) is 18.2. The van der Waals surface area contributed by atoms with E-state index in [0.29, 0.717) is 35.4 Å². The first-order valence-electron chi connectivity index (χ1n) is 17.2. The Morgan fingerprint density at radius 3 is 2.53 bits per heavy atom. The Kier molecular flexibility index (Phi) is 10.4. The van der Waals surface area contributed by atoms with Crippen LogP contribution in [0.2, 0.25) is 0 Å². The molecule has 3 aromatic heterocycles. The number of aliphatic hydroxyl groups excluding tert-OH is 2. The maximum Gasteiger partial charge on any atom is 0.333 e. The van der Waals surface area contributed by atoms with E-state index in [9.17, 15) is 30.0 Å². The highest BCUT2D eigenvalue weighted by atomic mass is 16.6. The number of benzene rings is 2. The number of carbonyl (C=O) groups excluding carboxylic acids is 1. The summed E-state index contributed by atoms with van der Waals surface area (Å²) in [4.78, 5) is 35.5. The van der Waals surface area contributed by atoms with Gasteiger partial charge < -0.3 is 45.8 Å². The number of aliphatic hydroxyl groups is 2. The minimum Gasteiger partial charge on any atom is -0.508 e. The van der Waals surface area contributed by atoms with Gasteiger partial charge in [-0.25, -0.2) is 14.8 Å². The number of fused-ring (bicyclic) bond motifs is 2. The van der Waals surface area contributed by atoms with Gasteiger partial charge in [0.15, 0.2) is 5.43 Å². The average molecular weight is 723 g/mol. The Labute approximate surface area is 305 Å². The van der Waals surface area contributed by atoms with Crippen molar-refractivity contribution in [3.63, 3.8) is 0 Å². The number of esters is 1. The number of nitrogen functional groups attached to an aromatic ring is 2. The molecule has 6 rings (SSSR count). The highest BCUT2D eigenvalue weighted by Gasteiger charge is 2.48. The number of nitrogens with zero attached hydrogens (tertiary/aromatic N) is 2. The second-order valence-corrected chi connectivity index (χ2v) is 13.5. The Hall–Kier alpha value is -5.92. The molecular formula is C40H42N4O9. The predicted molar refractivity (Wildman–Crippen MR) is 198 cm³/mol. The molecule has 53 heavy (non-hydrogen) atoms. The van der Waals surface area contributed by atoms with Crippen LogP contribution in [0.25, 0.3) is 11.0 Å². The summed E-state index contributed by atoms with van der Waals surface area (Å²) in [7, 11) is 0. The lowest BCUT2D eigenvalue weighted by atomic mass is 9.74. The molecular weight excluding hydrogens is 680 g/mol. The van der Waals surface area contributed by atoms with Crippen LogP contribution in [-0.4, -0.2) is 54.7 Å². The topological polar surface area (TPSA) is 224 Å². The number of nitrogens with two attached hydrogens (primary N) is 2. The predicted octanol–water partition coefficient (Wildman–Crippen LogP) is 4.76. The van der Waals surface area contributed by atoms with Gasteiger partial charge in [-0.1, -0.05) is 24.3 Å². The zero-order valence-electron chi connectivity index (χ0n) is 29.6. The minimum absolute atomic E-state index is 0.0392. The molecule has 0 saturated heterocycles. The SMILES string of the molecule is CC=C(C)C(=O)OC1Cc2c(c(C(c3ccnc(N)c3)C(CO)c3cccc(O)c3)c3oc(CO)cc(=O)c3c2O)OC1(C)CCc1ccc(N)nc1. The molecule has 4 atom stereocenters. The molecule has 0 radical (unpaired) electrons. The number of carbonyl (C=O) groups is 1. The number of anilines is 2. The highest BCUT2D eigenvalue weighted by Crippen LogP contribution is 2.53. The van der Waals surface area contributed by atoms with Crippen molar-refractivity contribution in [1.82, 2.24) is 9.97 Å². The van der Waals surface area contributed by atoms with E-state index in [4.69, 9.17) is 25.4 Å². The number of rotatable bonds is 11. The van der Waals surface area contributed by atoms with Crippen LogP contribution < -0.4 is 21.6 Å². The number of aryl methyl sites for hydroxylation is 1. The van der Waals surface area contributed by atoms with Crippen molar-refractivity contribution < 1.29 is 39.1 Å². The Morgan fingerprint density at radius 2 is 1.87 bits per heavy atom. The largest absolute Gasteiger partial charge is 0.508 e. The zero-order valence-corrected chi connectivity index (χ0v) is 29.6. The second kappa shape index (κ2) is 15.0. The van der Waals surface area contributed by atoms with Crippen molar-refractivity contribution in [2.75, 3.05) is 18.1 Å². The Bertz CT molecular complexity index is 2250. The summed E-state index contributed by atoms with van der Waals surface area (Å²) in [5, 5.41) is 43.5. The van der Waals surface area contributed by atoms with Gasteiger partial charge in [0.05, 0.1) is 6.61 Å². The highest BCUT2D eigenvalue weighted by molar-refractivity contribution is 5.92. The average Bonchev–Trinajstić information content (AvgIpc) is 3.14. The lowest BCUT2D eigenvalue weighted by Crippen LogP contribution is -2.52. The van der Waals surface area contributed by atoms with Crippen molar-refractivity contribution in [2.45, 2.75) is 70.2 Å². The third-order valence-electron chi connectivity index (χ3n) is 9.98. The van der Waals surface area contributed by atoms with Crippen molar-refractivity contribution in [3.05, 3.63) is 122 Å². The van der Waals surface area contributed by atoms with E-state index in [1.807, 2.05) is 6.07 Å². The van der Waals surface area contributed by atoms with Crippen LogP contribution in [-0.2, 0) is 29.0 Å². The van der Waals surface area contributed by atoms with Crippen molar-refractivity contribution >= 4 is 28.6 Å². The number of allylic oxidation sites excluding steroid dienone is 1. The number of aromatic nitrogens is 2. The smallest absolute Gasteiger partial charge is 0.333 e. The molecule has 5 aromatic rings. The van der Waals surface area contributed by atoms with Crippen LogP contribution in [0.1, 0.15) is 72.6 Å². The fraction of sp³-hybridized carbons (Fsp3) is 0.300. The molecule has 0 amide bonds. The van der Waals surface area contributed by atoms with Crippen molar-refractivity contribution in [1.29, 1.82) is 0 Å². The standard InChI is InChI=1S/C40H42N4O9/c1-4-21(2)39(50)52-30-17-27-36(49)34-29(48)16-26(19-45)51-38(34)35(37(27)53-40(30,3)12-10-22-8-9-31(41)44-18-22)33(24-11-13-43-32(42)15-24)28(20-46)23-6-5-7-25(47)14-23/h4-9,11,13-16,18,28,30,33,45-47,49H,10,12,17,19-20H2,1-3H3,(H2,41,44)(H2,42,43). The molecule has 276 valence electrons. The maximum atomic E-state index is 13.8.